The van der Waals surface area contributed by atoms with E-state index in [0.717, 1.165) is 5.52 Å². The van der Waals surface area contributed by atoms with Gasteiger partial charge in [-0.2, -0.15) is 0 Å². The molecule has 0 aliphatic carbocycles. The molecule has 1 aromatic heterocycles. The maximum atomic E-state index is 11.9. The number of aromatic nitrogens is 1. The zero-order valence-corrected chi connectivity index (χ0v) is 11.1. The van der Waals surface area contributed by atoms with E-state index in [-0.39, 0.29) is 18.1 Å². The van der Waals surface area contributed by atoms with Crippen molar-refractivity contribution in [3.8, 4) is 0 Å². The number of aliphatic hydroxyl groups is 1. The van der Waals surface area contributed by atoms with Crippen LogP contribution < -0.4 is 5.32 Å². The lowest BCUT2D eigenvalue weighted by atomic mass is 10.2. The Kier molecular flexibility index (Phi) is 3.80. The molecule has 1 aromatic carbocycles. The van der Waals surface area contributed by atoms with Crippen LogP contribution in [-0.4, -0.2) is 28.6 Å². The number of H-pyrrole nitrogens is 1. The minimum Gasteiger partial charge on any atom is -0.392 e. The van der Waals surface area contributed by atoms with Gasteiger partial charge in [-0.15, -0.1) is 0 Å². The molecule has 0 spiro atoms. The number of amides is 1. The van der Waals surface area contributed by atoms with Gasteiger partial charge in [0.1, 0.15) is 5.69 Å². The van der Waals surface area contributed by atoms with Gasteiger partial charge in [0.15, 0.2) is 0 Å². The standard InChI is InChI=1S/C12H12Cl2N2O2/c1-6(17)5-15-12(18)11-10(14)8-4-7(13)2-3-9(8)16-11/h2-4,6,16-17H,5H2,1H3,(H,15,18). The van der Waals surface area contributed by atoms with Crippen LogP contribution in [0.2, 0.25) is 10.0 Å². The molecule has 3 N–H and O–H groups in total. The third-order valence-corrected chi connectivity index (χ3v) is 3.11. The second kappa shape index (κ2) is 5.18. The number of benzene rings is 1. The Hall–Kier alpha value is -1.23. The molecule has 1 heterocycles. The number of hydrogen-bond donors (Lipinski definition) is 3. The van der Waals surface area contributed by atoms with Gasteiger partial charge in [0.05, 0.1) is 11.1 Å². The molecule has 0 aliphatic rings. The SMILES string of the molecule is CC(O)CNC(=O)c1[nH]c2ccc(Cl)cc2c1Cl. The van der Waals surface area contributed by atoms with Crippen molar-refractivity contribution >= 4 is 40.0 Å². The molecule has 6 heteroatoms. The zero-order valence-electron chi connectivity index (χ0n) is 9.63. The highest BCUT2D eigenvalue weighted by Gasteiger charge is 2.16. The third-order valence-electron chi connectivity index (χ3n) is 2.48. The van der Waals surface area contributed by atoms with Crippen LogP contribution in [0.3, 0.4) is 0 Å². The molecule has 2 rings (SSSR count). The number of fused-ring (bicyclic) bond motifs is 1. The summed E-state index contributed by atoms with van der Waals surface area (Å²) in [5.74, 6) is -0.353. The monoisotopic (exact) mass is 286 g/mol. The van der Waals surface area contributed by atoms with Crippen LogP contribution in [-0.2, 0) is 0 Å². The van der Waals surface area contributed by atoms with Crippen LogP contribution in [0.5, 0.6) is 0 Å². The molecular formula is C12H12Cl2N2O2. The maximum Gasteiger partial charge on any atom is 0.269 e. The van der Waals surface area contributed by atoms with E-state index in [0.29, 0.717) is 15.4 Å². The second-order valence-corrected chi connectivity index (χ2v) is 4.88. The summed E-state index contributed by atoms with van der Waals surface area (Å²) in [5, 5.41) is 13.3. The van der Waals surface area contributed by atoms with Crippen molar-refractivity contribution in [3.05, 3.63) is 33.9 Å². The van der Waals surface area contributed by atoms with Gasteiger partial charge in [-0.25, -0.2) is 0 Å². The van der Waals surface area contributed by atoms with E-state index in [4.69, 9.17) is 28.3 Å². The van der Waals surface area contributed by atoms with E-state index in [1.54, 1.807) is 25.1 Å². The Morgan fingerprint density at radius 1 is 1.50 bits per heavy atom. The summed E-state index contributed by atoms with van der Waals surface area (Å²) in [5.41, 5.74) is 1.01. The van der Waals surface area contributed by atoms with Crippen LogP contribution in [0.25, 0.3) is 10.9 Å². The maximum absolute atomic E-state index is 11.9. The number of carbonyl (C=O) groups excluding carboxylic acids is 1. The number of carbonyl (C=O) groups is 1. The fraction of sp³-hybridized carbons (Fsp3) is 0.250. The fourth-order valence-corrected chi connectivity index (χ4v) is 2.08. The molecule has 0 saturated heterocycles. The van der Waals surface area contributed by atoms with E-state index >= 15 is 0 Å². The van der Waals surface area contributed by atoms with E-state index in [1.807, 2.05) is 0 Å². The van der Waals surface area contributed by atoms with Gasteiger partial charge in [0, 0.05) is 22.5 Å². The molecule has 4 nitrogen and oxygen atoms in total. The molecule has 1 atom stereocenters. The Morgan fingerprint density at radius 3 is 2.89 bits per heavy atom. The lowest BCUT2D eigenvalue weighted by Gasteiger charge is -2.05. The van der Waals surface area contributed by atoms with Gasteiger partial charge in [-0.1, -0.05) is 23.2 Å². The van der Waals surface area contributed by atoms with Crippen LogP contribution in [0.1, 0.15) is 17.4 Å². The lowest BCUT2D eigenvalue weighted by molar-refractivity contribution is 0.0920. The Labute approximate surface area is 114 Å². The van der Waals surface area contributed by atoms with Crippen molar-refractivity contribution in [1.82, 2.24) is 10.3 Å². The molecule has 0 aliphatic heterocycles. The van der Waals surface area contributed by atoms with Gasteiger partial charge >= 0.3 is 0 Å². The second-order valence-electron chi connectivity index (χ2n) is 4.06. The first kappa shape index (κ1) is 13.2. The highest BCUT2D eigenvalue weighted by molar-refractivity contribution is 6.39. The smallest absolute Gasteiger partial charge is 0.269 e. The topological polar surface area (TPSA) is 65.1 Å². The Bertz CT molecular complexity index is 593. The predicted molar refractivity (Wildman–Crippen MR) is 72.3 cm³/mol. The van der Waals surface area contributed by atoms with Crippen molar-refractivity contribution in [2.24, 2.45) is 0 Å². The summed E-state index contributed by atoms with van der Waals surface area (Å²) in [7, 11) is 0. The summed E-state index contributed by atoms with van der Waals surface area (Å²) >= 11 is 12.0. The number of rotatable bonds is 3. The highest BCUT2D eigenvalue weighted by atomic mass is 35.5. The highest BCUT2D eigenvalue weighted by Crippen LogP contribution is 2.29. The summed E-state index contributed by atoms with van der Waals surface area (Å²) in [6.07, 6.45) is -0.605. The van der Waals surface area contributed by atoms with Crippen LogP contribution in [0, 0.1) is 0 Å². The minimum absolute atomic E-state index is 0.172. The average Bonchev–Trinajstić information content (AvgIpc) is 2.64. The molecule has 1 unspecified atom stereocenters. The molecular weight excluding hydrogens is 275 g/mol. The van der Waals surface area contributed by atoms with Crippen molar-refractivity contribution in [1.29, 1.82) is 0 Å². The summed E-state index contributed by atoms with van der Waals surface area (Å²) in [6, 6.07) is 5.17. The Morgan fingerprint density at radius 2 is 2.22 bits per heavy atom. The van der Waals surface area contributed by atoms with Crippen molar-refractivity contribution < 1.29 is 9.90 Å². The number of nitrogens with one attached hydrogen (secondary N) is 2. The van der Waals surface area contributed by atoms with E-state index in [9.17, 15) is 4.79 Å². The number of hydrogen-bond acceptors (Lipinski definition) is 2. The lowest BCUT2D eigenvalue weighted by Crippen LogP contribution is -2.30. The van der Waals surface area contributed by atoms with Gasteiger partial charge in [0.25, 0.3) is 5.91 Å². The third kappa shape index (κ3) is 2.61. The molecule has 0 bridgehead atoms. The average molecular weight is 287 g/mol. The largest absolute Gasteiger partial charge is 0.392 e. The molecule has 1 amide bonds. The van der Waals surface area contributed by atoms with Crippen LogP contribution in [0.4, 0.5) is 0 Å². The quantitative estimate of drug-likeness (QED) is 0.812. The van der Waals surface area contributed by atoms with E-state index in [2.05, 4.69) is 10.3 Å². The van der Waals surface area contributed by atoms with Crippen molar-refractivity contribution in [2.75, 3.05) is 6.54 Å². The van der Waals surface area contributed by atoms with Gasteiger partial charge in [0.2, 0.25) is 0 Å². The van der Waals surface area contributed by atoms with Crippen molar-refractivity contribution in [3.63, 3.8) is 0 Å². The Balaban J connectivity index is 2.34. The fourth-order valence-electron chi connectivity index (χ4n) is 1.62. The van der Waals surface area contributed by atoms with E-state index in [1.165, 1.54) is 0 Å². The molecule has 0 saturated carbocycles. The first-order valence-corrected chi connectivity index (χ1v) is 6.17. The summed E-state index contributed by atoms with van der Waals surface area (Å²) in [6.45, 7) is 1.76. The normalized spacial score (nSPS) is 12.7. The predicted octanol–water partition coefficient (Wildman–Crippen LogP) is 2.59. The van der Waals surface area contributed by atoms with E-state index < -0.39 is 6.10 Å². The number of aliphatic hydroxyl groups excluding tert-OH is 1. The molecule has 96 valence electrons. The van der Waals surface area contributed by atoms with Gasteiger partial charge in [-0.3, -0.25) is 4.79 Å². The summed E-state index contributed by atoms with van der Waals surface area (Å²) < 4.78 is 0. The first-order chi connectivity index (χ1) is 8.49. The number of halogens is 2. The first-order valence-electron chi connectivity index (χ1n) is 5.42. The van der Waals surface area contributed by atoms with Crippen LogP contribution >= 0.6 is 23.2 Å². The molecule has 0 radical (unpaired) electrons. The number of aromatic amines is 1. The van der Waals surface area contributed by atoms with Gasteiger partial charge < -0.3 is 15.4 Å². The summed E-state index contributed by atoms with van der Waals surface area (Å²) in [4.78, 5) is 14.8. The zero-order chi connectivity index (χ0) is 13.3. The molecule has 2 aromatic rings. The van der Waals surface area contributed by atoms with Crippen molar-refractivity contribution in [2.45, 2.75) is 13.0 Å². The minimum atomic E-state index is -0.605. The van der Waals surface area contributed by atoms with Crippen LogP contribution in [0.15, 0.2) is 18.2 Å². The molecule has 0 fully saturated rings. The van der Waals surface area contributed by atoms with Gasteiger partial charge in [-0.05, 0) is 25.1 Å². The molecule has 18 heavy (non-hydrogen) atoms.